The van der Waals surface area contributed by atoms with Crippen molar-refractivity contribution >= 4 is 0 Å². The van der Waals surface area contributed by atoms with Crippen LogP contribution in [0.25, 0.3) is 0 Å². The molecule has 0 aromatic heterocycles. The van der Waals surface area contributed by atoms with E-state index in [9.17, 15) is 5.11 Å². The van der Waals surface area contributed by atoms with Crippen LogP contribution in [0.2, 0.25) is 0 Å². The van der Waals surface area contributed by atoms with Crippen molar-refractivity contribution in [3.63, 3.8) is 0 Å². The van der Waals surface area contributed by atoms with Gasteiger partial charge in [0.15, 0.2) is 0 Å². The van der Waals surface area contributed by atoms with Crippen molar-refractivity contribution in [3.8, 4) is 0 Å². The maximum Gasteiger partial charge on any atom is 0.0571 e. The maximum absolute atomic E-state index is 10.1. The third-order valence-corrected chi connectivity index (χ3v) is 4.00. The number of aliphatic hydroxyl groups is 1. The predicted molar refractivity (Wildman–Crippen MR) is 70.4 cm³/mol. The molecule has 1 fully saturated rings. The highest BCUT2D eigenvalue weighted by atomic mass is 16.3. The Bertz CT molecular complexity index is 201. The zero-order valence-corrected chi connectivity index (χ0v) is 11.0. The van der Waals surface area contributed by atoms with Crippen molar-refractivity contribution < 1.29 is 5.11 Å². The van der Waals surface area contributed by atoms with E-state index in [-0.39, 0.29) is 6.10 Å². The van der Waals surface area contributed by atoms with Gasteiger partial charge < -0.3 is 5.11 Å². The monoisotopic (exact) mass is 224 g/mol. The SMILES string of the molecule is C=C(C)CCC(O)C1CCC(CCC)CC1. The highest BCUT2D eigenvalue weighted by Gasteiger charge is 2.25. The molecule has 1 aliphatic carbocycles. The van der Waals surface area contributed by atoms with E-state index in [4.69, 9.17) is 0 Å². The number of hydrogen-bond donors (Lipinski definition) is 1. The molecule has 0 aromatic carbocycles. The second-order valence-corrected chi connectivity index (χ2v) is 5.63. The molecule has 0 aliphatic heterocycles. The van der Waals surface area contributed by atoms with Gasteiger partial charge in [0, 0.05) is 0 Å². The smallest absolute Gasteiger partial charge is 0.0571 e. The first kappa shape index (κ1) is 13.8. The van der Waals surface area contributed by atoms with E-state index < -0.39 is 0 Å². The van der Waals surface area contributed by atoms with E-state index in [2.05, 4.69) is 13.5 Å². The molecule has 1 atom stereocenters. The van der Waals surface area contributed by atoms with Crippen molar-refractivity contribution in [2.24, 2.45) is 11.8 Å². The van der Waals surface area contributed by atoms with Gasteiger partial charge in [0.1, 0.15) is 0 Å². The van der Waals surface area contributed by atoms with Gasteiger partial charge in [-0.15, -0.1) is 6.58 Å². The molecular weight excluding hydrogens is 196 g/mol. The second kappa shape index (κ2) is 7.11. The van der Waals surface area contributed by atoms with Crippen molar-refractivity contribution in [2.75, 3.05) is 0 Å². The largest absolute Gasteiger partial charge is 0.393 e. The fourth-order valence-electron chi connectivity index (χ4n) is 2.90. The van der Waals surface area contributed by atoms with Gasteiger partial charge in [-0.25, -0.2) is 0 Å². The molecule has 0 aromatic rings. The van der Waals surface area contributed by atoms with Crippen molar-refractivity contribution in [3.05, 3.63) is 12.2 Å². The van der Waals surface area contributed by atoms with E-state index >= 15 is 0 Å². The molecule has 0 heterocycles. The van der Waals surface area contributed by atoms with Crippen LogP contribution in [0.3, 0.4) is 0 Å². The summed E-state index contributed by atoms with van der Waals surface area (Å²) in [5.41, 5.74) is 1.19. The third-order valence-electron chi connectivity index (χ3n) is 4.00. The summed E-state index contributed by atoms with van der Waals surface area (Å²) in [7, 11) is 0. The molecule has 0 bridgehead atoms. The van der Waals surface area contributed by atoms with E-state index in [1.165, 1.54) is 44.1 Å². The van der Waals surface area contributed by atoms with Gasteiger partial charge >= 0.3 is 0 Å². The summed E-state index contributed by atoms with van der Waals surface area (Å²) in [5, 5.41) is 10.1. The molecule has 0 spiro atoms. The summed E-state index contributed by atoms with van der Waals surface area (Å²) < 4.78 is 0. The molecule has 1 unspecified atom stereocenters. The summed E-state index contributed by atoms with van der Waals surface area (Å²) in [6.45, 7) is 8.22. The Labute approximate surface area is 101 Å². The van der Waals surface area contributed by atoms with E-state index in [0.717, 1.165) is 18.8 Å². The van der Waals surface area contributed by atoms with E-state index in [1.807, 2.05) is 6.92 Å². The zero-order chi connectivity index (χ0) is 12.0. The molecule has 0 saturated heterocycles. The lowest BCUT2D eigenvalue weighted by Crippen LogP contribution is -2.25. The van der Waals surface area contributed by atoms with Crippen LogP contribution in [-0.2, 0) is 0 Å². The first-order chi connectivity index (χ1) is 7.63. The van der Waals surface area contributed by atoms with Crippen LogP contribution in [-0.4, -0.2) is 11.2 Å². The van der Waals surface area contributed by atoms with Gasteiger partial charge in [0.25, 0.3) is 0 Å². The minimum Gasteiger partial charge on any atom is -0.393 e. The highest BCUT2D eigenvalue weighted by molar-refractivity contribution is 4.89. The van der Waals surface area contributed by atoms with E-state index in [1.54, 1.807) is 0 Å². The Balaban J connectivity index is 2.21. The first-order valence-electron chi connectivity index (χ1n) is 6.96. The molecule has 1 N–H and O–H groups in total. The second-order valence-electron chi connectivity index (χ2n) is 5.63. The van der Waals surface area contributed by atoms with Crippen LogP contribution in [0.4, 0.5) is 0 Å². The Kier molecular flexibility index (Phi) is 6.12. The quantitative estimate of drug-likeness (QED) is 0.667. The molecule has 16 heavy (non-hydrogen) atoms. The standard InChI is InChI=1S/C15H28O/c1-4-5-13-7-9-14(10-8-13)15(16)11-6-12(2)3/h13-16H,2,4-11H2,1,3H3. The summed E-state index contributed by atoms with van der Waals surface area (Å²) in [6.07, 6.45) is 9.66. The summed E-state index contributed by atoms with van der Waals surface area (Å²) in [6, 6.07) is 0. The van der Waals surface area contributed by atoms with Gasteiger partial charge in [-0.2, -0.15) is 0 Å². The van der Waals surface area contributed by atoms with E-state index in [0.29, 0.717) is 5.92 Å². The Hall–Kier alpha value is -0.300. The minimum absolute atomic E-state index is 0.0840. The number of hydrogen-bond acceptors (Lipinski definition) is 1. The lowest BCUT2D eigenvalue weighted by atomic mass is 9.77. The number of aliphatic hydroxyl groups excluding tert-OH is 1. The first-order valence-corrected chi connectivity index (χ1v) is 6.96. The summed E-state index contributed by atoms with van der Waals surface area (Å²) in [4.78, 5) is 0. The van der Waals surface area contributed by atoms with Gasteiger partial charge in [-0.05, 0) is 44.4 Å². The summed E-state index contributed by atoms with van der Waals surface area (Å²) in [5.74, 6) is 1.50. The topological polar surface area (TPSA) is 20.2 Å². The molecule has 1 nitrogen and oxygen atoms in total. The molecule has 0 amide bonds. The molecule has 1 aliphatic rings. The highest BCUT2D eigenvalue weighted by Crippen LogP contribution is 2.34. The fourth-order valence-corrected chi connectivity index (χ4v) is 2.90. The molecule has 1 rings (SSSR count). The lowest BCUT2D eigenvalue weighted by Gasteiger charge is -2.31. The molecular formula is C15H28O. The maximum atomic E-state index is 10.1. The molecule has 1 heteroatoms. The predicted octanol–water partition coefficient (Wildman–Crippen LogP) is 4.31. The minimum atomic E-state index is -0.0840. The van der Waals surface area contributed by atoms with Gasteiger partial charge in [0.2, 0.25) is 0 Å². The lowest BCUT2D eigenvalue weighted by molar-refractivity contribution is 0.0660. The van der Waals surface area contributed by atoms with Crippen molar-refractivity contribution in [2.45, 2.75) is 71.3 Å². The Morgan fingerprint density at radius 1 is 1.31 bits per heavy atom. The van der Waals surface area contributed by atoms with Crippen LogP contribution in [0, 0.1) is 11.8 Å². The zero-order valence-electron chi connectivity index (χ0n) is 11.0. The van der Waals surface area contributed by atoms with Crippen LogP contribution < -0.4 is 0 Å². The normalized spacial score (nSPS) is 27.7. The third kappa shape index (κ3) is 4.69. The van der Waals surface area contributed by atoms with Crippen LogP contribution >= 0.6 is 0 Å². The molecule has 0 radical (unpaired) electrons. The average Bonchev–Trinajstić information content (AvgIpc) is 2.27. The van der Waals surface area contributed by atoms with Crippen LogP contribution in [0.5, 0.6) is 0 Å². The number of allylic oxidation sites excluding steroid dienone is 1. The fraction of sp³-hybridized carbons (Fsp3) is 0.867. The van der Waals surface area contributed by atoms with Crippen LogP contribution in [0.15, 0.2) is 12.2 Å². The average molecular weight is 224 g/mol. The Morgan fingerprint density at radius 2 is 1.94 bits per heavy atom. The van der Waals surface area contributed by atoms with Gasteiger partial charge in [0.05, 0.1) is 6.10 Å². The number of rotatable bonds is 6. The summed E-state index contributed by atoms with van der Waals surface area (Å²) >= 11 is 0. The van der Waals surface area contributed by atoms with Crippen molar-refractivity contribution in [1.82, 2.24) is 0 Å². The van der Waals surface area contributed by atoms with Gasteiger partial charge in [-0.3, -0.25) is 0 Å². The molecule has 94 valence electrons. The van der Waals surface area contributed by atoms with Crippen molar-refractivity contribution in [1.29, 1.82) is 0 Å². The van der Waals surface area contributed by atoms with Gasteiger partial charge in [-0.1, -0.05) is 38.2 Å². The van der Waals surface area contributed by atoms with Crippen LogP contribution in [0.1, 0.15) is 65.2 Å². The Morgan fingerprint density at radius 3 is 2.44 bits per heavy atom. The molecule has 1 saturated carbocycles.